The standard InChI is InChI=1S/C14H15ClN2O.ClH.H2O/c1-2-9-7-8-12(16)13(17-9)14(18)10-5-3-4-6-11(10)15;;/h3-8,14,18H,2,16H2,1H3;1H;1H2. The fourth-order valence-corrected chi connectivity index (χ4v) is 2.09. The average Bonchev–Trinajstić information content (AvgIpc) is 2.39. The van der Waals surface area contributed by atoms with Crippen molar-refractivity contribution in [2.75, 3.05) is 5.73 Å². The summed E-state index contributed by atoms with van der Waals surface area (Å²) in [7, 11) is 0. The van der Waals surface area contributed by atoms with Crippen LogP contribution in [-0.2, 0) is 6.42 Å². The molecule has 0 fully saturated rings. The summed E-state index contributed by atoms with van der Waals surface area (Å²) in [6.07, 6.45) is 0.00732. The number of aryl methyl sites for hydroxylation is 1. The second kappa shape index (κ2) is 8.07. The summed E-state index contributed by atoms with van der Waals surface area (Å²) < 4.78 is 0. The van der Waals surface area contributed by atoms with E-state index in [4.69, 9.17) is 17.3 Å². The summed E-state index contributed by atoms with van der Waals surface area (Å²) in [5, 5.41) is 10.9. The number of rotatable bonds is 3. The smallest absolute Gasteiger partial charge is 0.236 e. The number of benzene rings is 1. The van der Waals surface area contributed by atoms with Gasteiger partial charge in [0.15, 0.2) is 11.8 Å². The number of pyridine rings is 1. The Morgan fingerprint density at radius 2 is 1.90 bits per heavy atom. The van der Waals surface area contributed by atoms with Gasteiger partial charge in [-0.05, 0) is 12.1 Å². The molecule has 6 heteroatoms. The molecule has 0 spiro atoms. The third-order valence-electron chi connectivity index (χ3n) is 2.92. The van der Waals surface area contributed by atoms with E-state index in [-0.39, 0.29) is 17.9 Å². The lowest BCUT2D eigenvalue weighted by molar-refractivity contribution is -0.407. The molecule has 2 rings (SSSR count). The van der Waals surface area contributed by atoms with Crippen LogP contribution in [0.15, 0.2) is 36.4 Å². The number of anilines is 1. The maximum atomic E-state index is 10.4. The molecule has 0 aliphatic rings. The van der Waals surface area contributed by atoms with Crippen molar-refractivity contribution in [2.24, 2.45) is 0 Å². The molecule has 2 aromatic rings. The van der Waals surface area contributed by atoms with Crippen molar-refractivity contribution in [3.63, 3.8) is 0 Å². The van der Waals surface area contributed by atoms with Gasteiger partial charge in [-0.2, -0.15) is 0 Å². The Bertz CT molecular complexity index is 565. The second-order valence-corrected chi connectivity index (χ2v) is 4.54. The number of aromatic amines is 1. The van der Waals surface area contributed by atoms with E-state index >= 15 is 0 Å². The molecule has 0 aliphatic heterocycles. The number of nitrogens with two attached hydrogens (primary N) is 1. The molecule has 0 aliphatic carbocycles. The summed E-state index contributed by atoms with van der Waals surface area (Å²) in [5.74, 6) is 0. The van der Waals surface area contributed by atoms with Gasteiger partial charge in [-0.25, -0.2) is 4.98 Å². The Kier molecular flexibility index (Phi) is 7.53. The minimum Gasteiger partial charge on any atom is -1.00 e. The quantitative estimate of drug-likeness (QED) is 0.726. The molecule has 1 atom stereocenters. The number of halogens is 2. The van der Waals surface area contributed by atoms with Crippen LogP contribution in [0.3, 0.4) is 0 Å². The number of hydrogen-bond acceptors (Lipinski definition) is 2. The van der Waals surface area contributed by atoms with Crippen molar-refractivity contribution in [3.05, 3.63) is 58.4 Å². The summed E-state index contributed by atoms with van der Waals surface area (Å²) in [6, 6.07) is 10.9. The fraction of sp³-hybridized carbons (Fsp3) is 0.214. The van der Waals surface area contributed by atoms with E-state index in [0.29, 0.717) is 22.0 Å². The Balaban J connectivity index is 0.00000180. The van der Waals surface area contributed by atoms with Crippen LogP contribution in [0.5, 0.6) is 0 Å². The zero-order chi connectivity index (χ0) is 13.1. The van der Waals surface area contributed by atoms with Crippen LogP contribution in [0.1, 0.15) is 30.0 Å². The Morgan fingerprint density at radius 3 is 2.50 bits per heavy atom. The molecule has 0 radical (unpaired) electrons. The van der Waals surface area contributed by atoms with Crippen molar-refractivity contribution >= 4 is 17.3 Å². The lowest BCUT2D eigenvalue weighted by Crippen LogP contribution is -3.00. The topological polar surface area (TPSA) is 91.9 Å². The molecule has 0 saturated heterocycles. The Hall–Kier alpha value is -1.33. The fourth-order valence-electron chi connectivity index (χ4n) is 1.85. The number of nitrogen functional groups attached to an aromatic ring is 1. The van der Waals surface area contributed by atoms with Crippen LogP contribution in [0, 0.1) is 0 Å². The number of aliphatic hydroxyl groups excluding tert-OH is 1. The van der Waals surface area contributed by atoms with Gasteiger partial charge in [0, 0.05) is 23.1 Å². The summed E-state index contributed by atoms with van der Waals surface area (Å²) >= 11 is 6.08. The molecular weight excluding hydrogens is 299 g/mol. The highest BCUT2D eigenvalue weighted by Crippen LogP contribution is 2.28. The van der Waals surface area contributed by atoms with Gasteiger partial charge in [-0.1, -0.05) is 36.7 Å². The van der Waals surface area contributed by atoms with Gasteiger partial charge < -0.3 is 28.7 Å². The van der Waals surface area contributed by atoms with E-state index in [1.165, 1.54) is 0 Å². The first kappa shape index (κ1) is 18.7. The molecule has 6 N–H and O–H groups in total. The minimum atomic E-state index is -0.842. The maximum Gasteiger partial charge on any atom is 0.236 e. The number of aromatic nitrogens is 1. The van der Waals surface area contributed by atoms with Gasteiger partial charge in [-0.3, -0.25) is 0 Å². The van der Waals surface area contributed by atoms with Gasteiger partial charge in [-0.15, -0.1) is 0 Å². The van der Waals surface area contributed by atoms with Crippen molar-refractivity contribution in [2.45, 2.75) is 19.4 Å². The average molecular weight is 317 g/mol. The van der Waals surface area contributed by atoms with E-state index in [9.17, 15) is 5.11 Å². The summed E-state index contributed by atoms with van der Waals surface area (Å²) in [5.41, 5.74) is 8.68. The molecule has 110 valence electrons. The van der Waals surface area contributed by atoms with Crippen LogP contribution >= 0.6 is 11.6 Å². The largest absolute Gasteiger partial charge is 1.00 e. The predicted octanol–water partition coefficient (Wildman–Crippen LogP) is -1.44. The highest BCUT2D eigenvalue weighted by atomic mass is 35.5. The van der Waals surface area contributed by atoms with Crippen molar-refractivity contribution < 1.29 is 28.0 Å². The number of hydrogen-bond donors (Lipinski definition) is 2. The predicted molar refractivity (Wildman–Crippen MR) is 75.9 cm³/mol. The van der Waals surface area contributed by atoms with Crippen molar-refractivity contribution in [3.8, 4) is 0 Å². The van der Waals surface area contributed by atoms with E-state index in [1.54, 1.807) is 18.2 Å². The van der Waals surface area contributed by atoms with Gasteiger partial charge in [0.2, 0.25) is 5.69 Å². The lowest BCUT2D eigenvalue weighted by atomic mass is 10.0. The molecule has 1 heterocycles. The zero-order valence-corrected chi connectivity index (χ0v) is 12.5. The zero-order valence-electron chi connectivity index (χ0n) is 11.0. The van der Waals surface area contributed by atoms with E-state index in [0.717, 1.165) is 12.1 Å². The molecule has 1 aromatic heterocycles. The van der Waals surface area contributed by atoms with Crippen molar-refractivity contribution in [1.82, 2.24) is 0 Å². The van der Waals surface area contributed by atoms with Crippen LogP contribution in [0.2, 0.25) is 5.02 Å². The Morgan fingerprint density at radius 1 is 1.25 bits per heavy atom. The molecule has 0 amide bonds. The van der Waals surface area contributed by atoms with Gasteiger partial charge in [0.05, 0.1) is 0 Å². The highest BCUT2D eigenvalue weighted by molar-refractivity contribution is 6.31. The second-order valence-electron chi connectivity index (χ2n) is 4.13. The molecule has 4 nitrogen and oxygen atoms in total. The van der Waals surface area contributed by atoms with Crippen LogP contribution in [0.25, 0.3) is 0 Å². The molecule has 1 unspecified atom stereocenters. The van der Waals surface area contributed by atoms with Crippen LogP contribution in [-0.4, -0.2) is 10.6 Å². The SMILES string of the molecule is CCc1ccc(N)c(C(O)c2ccccc2Cl)[nH+]1.O.[Cl-]. The number of nitrogens with one attached hydrogen (secondary N) is 1. The van der Waals surface area contributed by atoms with Gasteiger partial charge in [0.25, 0.3) is 0 Å². The van der Waals surface area contributed by atoms with Crippen molar-refractivity contribution in [1.29, 1.82) is 0 Å². The summed E-state index contributed by atoms with van der Waals surface area (Å²) in [6.45, 7) is 2.04. The first-order chi connectivity index (χ1) is 8.63. The molecule has 20 heavy (non-hydrogen) atoms. The molecule has 1 aromatic carbocycles. The van der Waals surface area contributed by atoms with Gasteiger partial charge >= 0.3 is 0 Å². The van der Waals surface area contributed by atoms with Crippen LogP contribution in [0.4, 0.5) is 5.69 Å². The normalized spacial score (nSPS) is 11.2. The third-order valence-corrected chi connectivity index (χ3v) is 3.27. The summed E-state index contributed by atoms with van der Waals surface area (Å²) in [4.78, 5) is 3.15. The van der Waals surface area contributed by atoms with Crippen LogP contribution < -0.4 is 23.1 Å². The molecule has 0 bridgehead atoms. The highest BCUT2D eigenvalue weighted by Gasteiger charge is 2.23. The first-order valence-corrected chi connectivity index (χ1v) is 6.24. The third kappa shape index (κ3) is 3.84. The maximum absolute atomic E-state index is 10.4. The van der Waals surface area contributed by atoms with E-state index in [2.05, 4.69) is 4.98 Å². The Labute approximate surface area is 129 Å². The monoisotopic (exact) mass is 316 g/mol. The molecule has 0 saturated carbocycles. The van der Waals surface area contributed by atoms with E-state index < -0.39 is 6.10 Å². The minimum absolute atomic E-state index is 0. The molecular formula is C14H18Cl2N2O2. The van der Waals surface area contributed by atoms with Gasteiger partial charge in [0.1, 0.15) is 5.69 Å². The number of aliphatic hydroxyl groups is 1. The lowest BCUT2D eigenvalue weighted by Gasteiger charge is -2.10. The van der Waals surface area contributed by atoms with E-state index in [1.807, 2.05) is 25.1 Å². The number of H-pyrrole nitrogens is 1. The first-order valence-electron chi connectivity index (χ1n) is 5.86.